The van der Waals surface area contributed by atoms with E-state index in [1.165, 1.54) is 24.3 Å². The van der Waals surface area contributed by atoms with Crippen molar-refractivity contribution in [3.05, 3.63) is 61.0 Å². The molecule has 0 saturated heterocycles. The van der Waals surface area contributed by atoms with Gasteiger partial charge in [0.2, 0.25) is 0 Å². The van der Waals surface area contributed by atoms with Gasteiger partial charge in [-0.05, 0) is 40.2 Å². The van der Waals surface area contributed by atoms with Crippen LogP contribution in [0.3, 0.4) is 0 Å². The van der Waals surface area contributed by atoms with E-state index in [-0.39, 0.29) is 5.69 Å². The number of carbonyl (C=O) groups excluding carboxylic acids is 1. The van der Waals surface area contributed by atoms with Crippen molar-refractivity contribution in [1.82, 2.24) is 0 Å². The van der Waals surface area contributed by atoms with Crippen LogP contribution in [0.2, 0.25) is 0 Å². The van der Waals surface area contributed by atoms with Crippen LogP contribution in [0.1, 0.15) is 10.4 Å². The molecule has 0 aliphatic heterocycles. The molecule has 0 saturated carbocycles. The zero-order chi connectivity index (χ0) is 15.6. The van der Waals surface area contributed by atoms with Gasteiger partial charge in [0.05, 0.1) is 10.6 Å². The molecule has 2 rings (SSSR count). The quantitative estimate of drug-likeness (QED) is 0.451. The van der Waals surface area contributed by atoms with E-state index in [0.717, 1.165) is 0 Å². The molecule has 0 atom stereocenters. The van der Waals surface area contributed by atoms with Crippen LogP contribution < -0.4 is 11.1 Å². The first kappa shape index (κ1) is 15.5. The highest BCUT2D eigenvalue weighted by molar-refractivity contribution is 9.10. The molecule has 108 valence electrons. The lowest BCUT2D eigenvalue weighted by molar-refractivity contribution is -0.384. The Bertz CT molecular complexity index is 714. The molecular weight excluding hydrogens is 406 g/mol. The van der Waals surface area contributed by atoms with Crippen LogP contribution in [-0.4, -0.2) is 10.8 Å². The summed E-state index contributed by atoms with van der Waals surface area (Å²) in [6, 6.07) is 8.92. The van der Waals surface area contributed by atoms with Crippen LogP contribution in [0, 0.1) is 10.1 Å². The summed E-state index contributed by atoms with van der Waals surface area (Å²) in [6.07, 6.45) is 0. The number of carbonyl (C=O) groups is 1. The van der Waals surface area contributed by atoms with Gasteiger partial charge in [0.15, 0.2) is 0 Å². The minimum absolute atomic E-state index is 0.109. The smallest absolute Gasteiger partial charge is 0.271 e. The maximum Gasteiger partial charge on any atom is 0.271 e. The molecule has 8 heteroatoms. The Morgan fingerprint density at radius 2 is 1.90 bits per heavy atom. The Morgan fingerprint density at radius 1 is 1.19 bits per heavy atom. The Morgan fingerprint density at radius 3 is 2.52 bits per heavy atom. The van der Waals surface area contributed by atoms with Gasteiger partial charge in [0, 0.05) is 32.3 Å². The first-order valence-electron chi connectivity index (χ1n) is 5.68. The van der Waals surface area contributed by atoms with E-state index >= 15 is 0 Å². The third-order valence-electron chi connectivity index (χ3n) is 2.59. The molecule has 0 aromatic heterocycles. The molecular formula is C13H9Br2N3O3. The summed E-state index contributed by atoms with van der Waals surface area (Å²) in [5, 5.41) is 13.4. The minimum atomic E-state index is -0.529. The standard InChI is InChI=1S/C13H9Br2N3O3/c14-8-3-7(4-9(16)5-8)13(19)17-12-6-10(18(20)21)1-2-11(12)15/h1-6H,16H2,(H,17,19). The van der Waals surface area contributed by atoms with E-state index in [0.29, 0.717) is 25.9 Å². The van der Waals surface area contributed by atoms with E-state index in [4.69, 9.17) is 5.73 Å². The Kier molecular flexibility index (Phi) is 4.59. The maximum absolute atomic E-state index is 12.2. The van der Waals surface area contributed by atoms with Crippen LogP contribution in [0.15, 0.2) is 45.3 Å². The molecule has 2 aromatic carbocycles. The SMILES string of the molecule is Nc1cc(Br)cc(C(=O)Nc2cc([N+](=O)[O-])ccc2Br)c1. The Balaban J connectivity index is 2.31. The van der Waals surface area contributed by atoms with Crippen molar-refractivity contribution in [2.24, 2.45) is 0 Å². The second-order valence-electron chi connectivity index (χ2n) is 4.15. The average molecular weight is 415 g/mol. The fourth-order valence-corrected chi connectivity index (χ4v) is 2.52. The minimum Gasteiger partial charge on any atom is -0.399 e. The third-order valence-corrected chi connectivity index (χ3v) is 3.74. The number of nitrogens with zero attached hydrogens (tertiary/aromatic N) is 1. The van der Waals surface area contributed by atoms with Crippen molar-refractivity contribution in [1.29, 1.82) is 0 Å². The van der Waals surface area contributed by atoms with E-state index in [1.54, 1.807) is 12.1 Å². The van der Waals surface area contributed by atoms with Gasteiger partial charge in [0.25, 0.3) is 11.6 Å². The molecule has 1 amide bonds. The number of rotatable bonds is 3. The molecule has 0 spiro atoms. The van der Waals surface area contributed by atoms with E-state index in [9.17, 15) is 14.9 Å². The number of non-ortho nitro benzene ring substituents is 1. The van der Waals surface area contributed by atoms with Crippen molar-refractivity contribution in [3.63, 3.8) is 0 Å². The predicted octanol–water partition coefficient (Wildman–Crippen LogP) is 3.95. The van der Waals surface area contributed by atoms with Crippen LogP contribution in [0.4, 0.5) is 17.1 Å². The summed E-state index contributed by atoms with van der Waals surface area (Å²) in [4.78, 5) is 22.4. The van der Waals surface area contributed by atoms with Gasteiger partial charge in [-0.15, -0.1) is 0 Å². The number of nitrogen functional groups attached to an aromatic ring is 1. The molecule has 0 aliphatic rings. The molecule has 6 nitrogen and oxygen atoms in total. The third kappa shape index (κ3) is 3.79. The fraction of sp³-hybridized carbons (Fsp3) is 0. The number of amides is 1. The lowest BCUT2D eigenvalue weighted by atomic mass is 10.2. The second kappa shape index (κ2) is 6.23. The molecule has 0 heterocycles. The molecule has 0 unspecified atom stereocenters. The first-order valence-corrected chi connectivity index (χ1v) is 7.27. The molecule has 0 bridgehead atoms. The van der Waals surface area contributed by atoms with Crippen LogP contribution in [-0.2, 0) is 0 Å². The number of benzene rings is 2. The van der Waals surface area contributed by atoms with Gasteiger partial charge in [-0.2, -0.15) is 0 Å². The molecule has 0 aliphatic carbocycles. The van der Waals surface area contributed by atoms with Crippen molar-refractivity contribution < 1.29 is 9.72 Å². The molecule has 3 N–H and O–H groups in total. The number of nitrogens with two attached hydrogens (primary N) is 1. The van der Waals surface area contributed by atoms with Crippen molar-refractivity contribution in [2.45, 2.75) is 0 Å². The van der Waals surface area contributed by atoms with Gasteiger partial charge in [-0.3, -0.25) is 14.9 Å². The van der Waals surface area contributed by atoms with E-state index in [2.05, 4.69) is 37.2 Å². The zero-order valence-electron chi connectivity index (χ0n) is 10.5. The molecule has 0 fully saturated rings. The number of hydrogen-bond acceptors (Lipinski definition) is 4. The number of hydrogen-bond donors (Lipinski definition) is 2. The first-order chi connectivity index (χ1) is 9.86. The topological polar surface area (TPSA) is 98.3 Å². The molecule has 0 radical (unpaired) electrons. The number of nitro benzene ring substituents is 1. The normalized spacial score (nSPS) is 10.2. The average Bonchev–Trinajstić information content (AvgIpc) is 2.39. The molecule has 21 heavy (non-hydrogen) atoms. The van der Waals surface area contributed by atoms with Gasteiger partial charge in [-0.1, -0.05) is 15.9 Å². The number of anilines is 2. The number of halogens is 2. The maximum atomic E-state index is 12.2. The van der Waals surface area contributed by atoms with Gasteiger partial charge in [-0.25, -0.2) is 0 Å². The fourth-order valence-electron chi connectivity index (χ4n) is 1.66. The van der Waals surface area contributed by atoms with Crippen molar-refractivity contribution >= 4 is 54.8 Å². The van der Waals surface area contributed by atoms with Crippen molar-refractivity contribution in [2.75, 3.05) is 11.1 Å². The number of nitro groups is 1. The van der Waals surface area contributed by atoms with Gasteiger partial charge < -0.3 is 11.1 Å². The molecule has 2 aromatic rings. The van der Waals surface area contributed by atoms with E-state index in [1.807, 2.05) is 0 Å². The lowest BCUT2D eigenvalue weighted by Gasteiger charge is -2.08. The predicted molar refractivity (Wildman–Crippen MR) is 87.3 cm³/mol. The number of nitrogens with one attached hydrogen (secondary N) is 1. The highest BCUT2D eigenvalue weighted by atomic mass is 79.9. The van der Waals surface area contributed by atoms with Crippen LogP contribution >= 0.6 is 31.9 Å². The largest absolute Gasteiger partial charge is 0.399 e. The van der Waals surface area contributed by atoms with Gasteiger partial charge in [0.1, 0.15) is 0 Å². The highest BCUT2D eigenvalue weighted by Crippen LogP contribution is 2.28. The summed E-state index contributed by atoms with van der Waals surface area (Å²) >= 11 is 6.49. The Labute approximate surface area is 136 Å². The monoisotopic (exact) mass is 413 g/mol. The second-order valence-corrected chi connectivity index (χ2v) is 5.92. The summed E-state index contributed by atoms with van der Waals surface area (Å²) in [7, 11) is 0. The van der Waals surface area contributed by atoms with Crippen LogP contribution in [0.25, 0.3) is 0 Å². The van der Waals surface area contributed by atoms with E-state index < -0.39 is 10.8 Å². The summed E-state index contributed by atoms with van der Waals surface area (Å²) in [6.45, 7) is 0. The lowest BCUT2D eigenvalue weighted by Crippen LogP contribution is -2.13. The van der Waals surface area contributed by atoms with Crippen molar-refractivity contribution in [3.8, 4) is 0 Å². The zero-order valence-corrected chi connectivity index (χ0v) is 13.6. The summed E-state index contributed by atoms with van der Waals surface area (Å²) in [5.41, 5.74) is 6.66. The summed E-state index contributed by atoms with van der Waals surface area (Å²) < 4.78 is 1.22. The van der Waals surface area contributed by atoms with Crippen LogP contribution in [0.5, 0.6) is 0 Å². The highest BCUT2D eigenvalue weighted by Gasteiger charge is 2.13. The summed E-state index contributed by atoms with van der Waals surface area (Å²) in [5.74, 6) is -0.413. The van der Waals surface area contributed by atoms with Gasteiger partial charge >= 0.3 is 0 Å². The Hall–Kier alpha value is -1.93.